The average molecular weight is 1060 g/mol. The molecule has 0 aliphatic carbocycles. The molecule has 22 nitrogen and oxygen atoms in total. The Balaban J connectivity index is 1.37. The Bertz CT molecular complexity index is 2000. The third kappa shape index (κ3) is 31.1. The van der Waals surface area contributed by atoms with E-state index in [2.05, 4.69) is 6.58 Å². The Labute approximate surface area is 438 Å². The van der Waals surface area contributed by atoms with E-state index in [4.69, 9.17) is 85.3 Å². The fraction of sp³-hybridized carbons (Fsp3) is 0.547. The van der Waals surface area contributed by atoms with Crippen LogP contribution in [0.3, 0.4) is 0 Å². The molecule has 0 aliphatic rings. The molecule has 0 heterocycles. The van der Waals surface area contributed by atoms with Crippen molar-refractivity contribution in [3.8, 4) is 23.0 Å². The summed E-state index contributed by atoms with van der Waals surface area (Å²) in [6.07, 6.45) is 0. The van der Waals surface area contributed by atoms with Crippen molar-refractivity contribution in [2.75, 3.05) is 186 Å². The molecule has 3 rings (SSSR count). The van der Waals surface area contributed by atoms with Crippen molar-refractivity contribution in [2.45, 2.75) is 6.92 Å². The maximum atomic E-state index is 13.3. The fourth-order valence-electron chi connectivity index (χ4n) is 5.67. The van der Waals surface area contributed by atoms with E-state index < -0.39 is 23.9 Å². The highest BCUT2D eigenvalue weighted by Gasteiger charge is 2.21. The molecule has 0 N–H and O–H groups in total. The first-order valence-corrected chi connectivity index (χ1v) is 24.5. The Hall–Kier alpha value is -5.60. The van der Waals surface area contributed by atoms with Crippen LogP contribution in [0.1, 0.15) is 38.0 Å². The zero-order valence-electron chi connectivity index (χ0n) is 43.4. The first-order chi connectivity index (χ1) is 36.7. The molecule has 3 aromatic rings. The molecule has 0 aromatic heterocycles. The minimum Gasteiger partial charge on any atom is -0.491 e. The van der Waals surface area contributed by atoms with E-state index in [-0.39, 0.29) is 60.2 Å². The minimum absolute atomic E-state index is 0.0482. The van der Waals surface area contributed by atoms with Crippen LogP contribution in [0.5, 0.6) is 23.0 Å². The van der Waals surface area contributed by atoms with Gasteiger partial charge in [-0.3, -0.25) is 0 Å². The van der Waals surface area contributed by atoms with Crippen LogP contribution in [-0.2, 0) is 71.1 Å². The van der Waals surface area contributed by atoms with Gasteiger partial charge in [-0.15, -0.1) is 0 Å². The number of ether oxygens (including phenoxy) is 18. The van der Waals surface area contributed by atoms with Gasteiger partial charge in [-0.25, -0.2) is 19.2 Å². The molecule has 3 aromatic carbocycles. The highest BCUT2D eigenvalue weighted by Crippen LogP contribution is 2.27. The topological polar surface area (TPSA) is 234 Å². The van der Waals surface area contributed by atoms with Crippen LogP contribution >= 0.6 is 0 Å². The van der Waals surface area contributed by atoms with E-state index in [1.165, 1.54) is 49.4 Å². The summed E-state index contributed by atoms with van der Waals surface area (Å²) < 4.78 is 97.3. The predicted molar refractivity (Wildman–Crippen MR) is 268 cm³/mol. The normalized spacial score (nSPS) is 11.0. The van der Waals surface area contributed by atoms with Crippen LogP contribution in [-0.4, -0.2) is 210 Å². The van der Waals surface area contributed by atoms with Crippen LogP contribution < -0.4 is 18.9 Å². The Morgan fingerprint density at radius 3 is 1.04 bits per heavy atom. The number of carbonyl (C=O) groups excluding carboxylic acids is 4. The molecular formula is C53H74O22. The molecule has 22 heteroatoms. The molecule has 0 unspecified atom stereocenters. The first kappa shape index (κ1) is 63.7. The third-order valence-electron chi connectivity index (χ3n) is 9.49. The number of methoxy groups -OCH3 is 2. The zero-order valence-corrected chi connectivity index (χ0v) is 43.4. The highest BCUT2D eigenvalue weighted by molar-refractivity contribution is 5.97. The number of benzene rings is 3. The molecular weight excluding hydrogens is 989 g/mol. The lowest BCUT2D eigenvalue weighted by Crippen LogP contribution is -2.17. The molecule has 0 radical (unpaired) electrons. The quantitative estimate of drug-likeness (QED) is 0.0325. The molecule has 0 saturated carbocycles. The van der Waals surface area contributed by atoms with Gasteiger partial charge in [-0.1, -0.05) is 6.58 Å². The fourth-order valence-corrected chi connectivity index (χ4v) is 5.67. The van der Waals surface area contributed by atoms with Gasteiger partial charge in [0.2, 0.25) is 0 Å². The van der Waals surface area contributed by atoms with Crippen molar-refractivity contribution in [1.29, 1.82) is 0 Å². The summed E-state index contributed by atoms with van der Waals surface area (Å²) in [7, 11) is 3.25. The van der Waals surface area contributed by atoms with E-state index >= 15 is 0 Å². The molecule has 0 spiro atoms. The standard InChI is InChI=1S/C53H74O22/c1-42(2)50(54)72-39-40-73-53(57)48-41-47(74-51(55)43-5-9-45(10-6-43)70-37-35-68-33-31-66-29-27-64-25-23-62-21-19-60-17-15-58-3)13-14-49(48)75-52(56)44-7-11-46(12-8-44)71-38-36-69-34-32-67-30-28-65-26-24-63-22-20-61-18-16-59-4/h5-14,41H,1,15-40H2,2-4H3. The Kier molecular flexibility index (Phi) is 36.2. The van der Waals surface area contributed by atoms with Gasteiger partial charge in [0.05, 0.1) is 156 Å². The largest absolute Gasteiger partial charge is 0.491 e. The molecule has 75 heavy (non-hydrogen) atoms. The number of esters is 4. The SMILES string of the molecule is C=C(C)C(=O)OCCOC(=O)c1cc(OC(=O)c2ccc(OCCOCCOCCOCCOCCOCCOC)cc2)ccc1OC(=O)c1ccc(OCCOCCOCCOCCOCCOCCOC)cc1. The molecule has 0 amide bonds. The third-order valence-corrected chi connectivity index (χ3v) is 9.49. The molecule has 0 atom stereocenters. The van der Waals surface area contributed by atoms with E-state index in [1.807, 2.05) is 0 Å². The van der Waals surface area contributed by atoms with E-state index in [0.29, 0.717) is 157 Å². The number of hydrogen-bond acceptors (Lipinski definition) is 22. The monoisotopic (exact) mass is 1060 g/mol. The van der Waals surface area contributed by atoms with Crippen LogP contribution in [0.25, 0.3) is 0 Å². The predicted octanol–water partition coefficient (Wildman–Crippen LogP) is 4.62. The van der Waals surface area contributed by atoms with Gasteiger partial charge >= 0.3 is 23.9 Å². The Morgan fingerprint density at radius 1 is 0.360 bits per heavy atom. The van der Waals surface area contributed by atoms with E-state index in [0.717, 1.165) is 0 Å². The first-order valence-electron chi connectivity index (χ1n) is 24.5. The van der Waals surface area contributed by atoms with Gasteiger partial charge < -0.3 is 85.3 Å². The number of rotatable bonds is 47. The molecule has 0 saturated heterocycles. The lowest BCUT2D eigenvalue weighted by molar-refractivity contribution is -0.140. The molecule has 418 valence electrons. The minimum atomic E-state index is -0.945. The summed E-state index contributed by atoms with van der Waals surface area (Å²) >= 11 is 0. The van der Waals surface area contributed by atoms with Crippen molar-refractivity contribution in [3.05, 3.63) is 95.6 Å². The van der Waals surface area contributed by atoms with Crippen molar-refractivity contribution in [1.82, 2.24) is 0 Å². The van der Waals surface area contributed by atoms with Gasteiger partial charge in [0, 0.05) is 19.8 Å². The van der Waals surface area contributed by atoms with Crippen molar-refractivity contribution in [3.63, 3.8) is 0 Å². The summed E-state index contributed by atoms with van der Waals surface area (Å²) in [5, 5.41) is 0. The molecule has 0 bridgehead atoms. The van der Waals surface area contributed by atoms with Crippen LogP contribution in [0.4, 0.5) is 0 Å². The Morgan fingerprint density at radius 2 is 0.680 bits per heavy atom. The van der Waals surface area contributed by atoms with Crippen molar-refractivity contribution in [2.24, 2.45) is 0 Å². The smallest absolute Gasteiger partial charge is 0.343 e. The second-order valence-electron chi connectivity index (χ2n) is 15.3. The van der Waals surface area contributed by atoms with Gasteiger partial charge in [0.1, 0.15) is 55.0 Å². The maximum absolute atomic E-state index is 13.3. The molecule has 0 aliphatic heterocycles. The summed E-state index contributed by atoms with van der Waals surface area (Å²) in [5.74, 6) is -2.40. The highest BCUT2D eigenvalue weighted by atomic mass is 16.6. The van der Waals surface area contributed by atoms with Crippen LogP contribution in [0, 0.1) is 0 Å². The van der Waals surface area contributed by atoms with Crippen molar-refractivity contribution >= 4 is 23.9 Å². The van der Waals surface area contributed by atoms with Gasteiger partial charge in [0.15, 0.2) is 0 Å². The van der Waals surface area contributed by atoms with Crippen LogP contribution in [0.15, 0.2) is 78.9 Å². The van der Waals surface area contributed by atoms with Crippen molar-refractivity contribution < 1.29 is 104 Å². The second kappa shape index (κ2) is 42.6. The summed E-state index contributed by atoms with van der Waals surface area (Å²) in [5.41, 5.74) is 0.266. The maximum Gasteiger partial charge on any atom is 0.343 e. The summed E-state index contributed by atoms with van der Waals surface area (Å²) in [6.45, 7) is 14.8. The molecule has 0 fully saturated rings. The lowest BCUT2D eigenvalue weighted by Gasteiger charge is -2.13. The summed E-state index contributed by atoms with van der Waals surface area (Å²) in [6, 6.07) is 16.2. The van der Waals surface area contributed by atoms with Gasteiger partial charge in [-0.2, -0.15) is 0 Å². The zero-order chi connectivity index (χ0) is 53.8. The second-order valence-corrected chi connectivity index (χ2v) is 15.3. The van der Waals surface area contributed by atoms with E-state index in [9.17, 15) is 19.2 Å². The van der Waals surface area contributed by atoms with Crippen LogP contribution in [0.2, 0.25) is 0 Å². The average Bonchev–Trinajstić information content (AvgIpc) is 3.41. The van der Waals surface area contributed by atoms with E-state index in [1.54, 1.807) is 38.5 Å². The number of hydrogen-bond donors (Lipinski definition) is 0. The lowest BCUT2D eigenvalue weighted by atomic mass is 10.1. The summed E-state index contributed by atoms with van der Waals surface area (Å²) in [4.78, 5) is 51.5. The van der Waals surface area contributed by atoms with Gasteiger partial charge in [0.25, 0.3) is 0 Å². The number of carbonyl (C=O) groups is 4. The van der Waals surface area contributed by atoms with Gasteiger partial charge in [-0.05, 0) is 73.7 Å².